The van der Waals surface area contributed by atoms with E-state index in [-0.39, 0.29) is 12.5 Å². The van der Waals surface area contributed by atoms with Crippen molar-refractivity contribution in [2.75, 3.05) is 13.1 Å². The van der Waals surface area contributed by atoms with Crippen LogP contribution >= 0.6 is 12.2 Å². The van der Waals surface area contributed by atoms with E-state index in [0.717, 1.165) is 5.69 Å². The molecule has 0 fully saturated rings. The van der Waals surface area contributed by atoms with Gasteiger partial charge in [-0.2, -0.15) is 0 Å². The third kappa shape index (κ3) is 3.79. The van der Waals surface area contributed by atoms with Gasteiger partial charge in [0.15, 0.2) is 0 Å². The van der Waals surface area contributed by atoms with E-state index in [1.807, 2.05) is 11.8 Å². The summed E-state index contributed by atoms with van der Waals surface area (Å²) < 4.78 is 0. The molecule has 1 aromatic rings. The summed E-state index contributed by atoms with van der Waals surface area (Å²) in [4.78, 5) is 19.7. The van der Waals surface area contributed by atoms with E-state index < -0.39 is 5.97 Å². The number of aromatic amines is 1. The third-order valence-electron chi connectivity index (χ3n) is 2.47. The van der Waals surface area contributed by atoms with E-state index in [0.29, 0.717) is 18.1 Å². The number of hydrogen-bond acceptors (Lipinski definition) is 4. The van der Waals surface area contributed by atoms with E-state index in [9.17, 15) is 4.79 Å². The number of likely N-dealkylation sites (N-methyl/N-ethyl adjacent to an activating group) is 1. The number of aliphatic carboxylic acids is 1. The monoisotopic (exact) mass is 256 g/mol. The van der Waals surface area contributed by atoms with Crippen molar-refractivity contribution in [1.29, 1.82) is 0 Å². The summed E-state index contributed by atoms with van der Waals surface area (Å²) in [6.07, 6.45) is 3.25. The van der Waals surface area contributed by atoms with Gasteiger partial charge in [0.25, 0.3) is 0 Å². The Morgan fingerprint density at radius 3 is 2.88 bits per heavy atom. The number of rotatable bonds is 7. The predicted octanol–water partition coefficient (Wildman–Crippen LogP) is 0.533. The Hall–Kier alpha value is -1.47. The van der Waals surface area contributed by atoms with Crippen LogP contribution in [-0.4, -0.2) is 44.0 Å². The minimum Gasteiger partial charge on any atom is -0.481 e. The Bertz CT molecular complexity index is 380. The molecular formula is C10H16N4O2S. The molecule has 0 aliphatic rings. The summed E-state index contributed by atoms with van der Waals surface area (Å²) in [6, 6.07) is -0.295. The number of hydrogen-bond donors (Lipinski definition) is 3. The molecule has 0 amide bonds. The van der Waals surface area contributed by atoms with Crippen LogP contribution in [0, 0.1) is 0 Å². The molecule has 0 aromatic carbocycles. The first-order chi connectivity index (χ1) is 8.06. The van der Waals surface area contributed by atoms with Gasteiger partial charge in [-0.1, -0.05) is 19.1 Å². The number of thiocarbonyl (C=S) groups is 1. The topological polar surface area (TPSA) is 95.2 Å². The second kappa shape index (κ2) is 6.31. The summed E-state index contributed by atoms with van der Waals surface area (Å²) in [5.41, 5.74) is 6.49. The van der Waals surface area contributed by atoms with Crippen molar-refractivity contribution >= 4 is 23.2 Å². The number of carboxylic acid groups (broad SMARTS) is 1. The van der Waals surface area contributed by atoms with Gasteiger partial charge in [0.05, 0.1) is 23.4 Å². The van der Waals surface area contributed by atoms with Crippen molar-refractivity contribution in [2.24, 2.45) is 5.73 Å². The van der Waals surface area contributed by atoms with Gasteiger partial charge in [0.1, 0.15) is 6.04 Å². The normalized spacial score (nSPS) is 12.6. The molecular weight excluding hydrogens is 240 g/mol. The molecule has 4 N–H and O–H groups in total. The zero-order valence-corrected chi connectivity index (χ0v) is 10.4. The first-order valence-corrected chi connectivity index (χ1v) is 5.70. The maximum atomic E-state index is 10.6. The number of nitrogens with zero attached hydrogens (tertiary/aromatic N) is 2. The maximum absolute atomic E-state index is 10.6. The van der Waals surface area contributed by atoms with Gasteiger partial charge >= 0.3 is 5.97 Å². The molecule has 1 rings (SSSR count). The van der Waals surface area contributed by atoms with E-state index in [1.165, 1.54) is 0 Å². The van der Waals surface area contributed by atoms with Crippen LogP contribution < -0.4 is 5.73 Å². The highest BCUT2D eigenvalue weighted by atomic mass is 32.1. The van der Waals surface area contributed by atoms with Crippen LogP contribution in [0.2, 0.25) is 0 Å². The molecule has 6 nitrogen and oxygen atoms in total. The summed E-state index contributed by atoms with van der Waals surface area (Å²) >= 11 is 5.03. The Labute approximate surface area is 105 Å². The number of carbonyl (C=O) groups is 1. The highest BCUT2D eigenvalue weighted by Crippen LogP contribution is 2.18. The van der Waals surface area contributed by atoms with Crippen LogP contribution in [-0.2, 0) is 4.79 Å². The van der Waals surface area contributed by atoms with Crippen LogP contribution in [0.5, 0.6) is 0 Å². The number of aromatic nitrogens is 2. The first-order valence-electron chi connectivity index (χ1n) is 5.29. The lowest BCUT2D eigenvalue weighted by Crippen LogP contribution is -2.38. The number of H-pyrrole nitrogens is 1. The van der Waals surface area contributed by atoms with E-state index in [2.05, 4.69) is 9.97 Å². The summed E-state index contributed by atoms with van der Waals surface area (Å²) in [5.74, 6) is -0.838. The second-order valence-electron chi connectivity index (χ2n) is 3.58. The van der Waals surface area contributed by atoms with Crippen molar-refractivity contribution in [2.45, 2.75) is 19.4 Å². The van der Waals surface area contributed by atoms with Crippen molar-refractivity contribution in [3.05, 3.63) is 18.2 Å². The van der Waals surface area contributed by atoms with Crippen LogP contribution in [0.3, 0.4) is 0 Å². The highest BCUT2D eigenvalue weighted by Gasteiger charge is 2.23. The molecule has 1 unspecified atom stereocenters. The SMILES string of the molecule is CCN(CCC(=O)O)C(C(N)=S)c1cnc[nH]1. The Morgan fingerprint density at radius 1 is 1.76 bits per heavy atom. The van der Waals surface area contributed by atoms with Gasteiger partial charge in [-0.05, 0) is 6.54 Å². The van der Waals surface area contributed by atoms with Gasteiger partial charge in [0.2, 0.25) is 0 Å². The lowest BCUT2D eigenvalue weighted by Gasteiger charge is -2.28. The molecule has 1 aromatic heterocycles. The van der Waals surface area contributed by atoms with Gasteiger partial charge in [0, 0.05) is 12.7 Å². The smallest absolute Gasteiger partial charge is 0.304 e. The molecule has 0 saturated carbocycles. The van der Waals surface area contributed by atoms with Crippen LogP contribution in [0.25, 0.3) is 0 Å². The number of carboxylic acids is 1. The zero-order valence-electron chi connectivity index (χ0n) is 9.59. The summed E-state index contributed by atoms with van der Waals surface area (Å²) in [7, 11) is 0. The number of nitrogens with two attached hydrogens (primary N) is 1. The Kier molecular flexibility index (Phi) is 5.05. The summed E-state index contributed by atoms with van der Waals surface area (Å²) in [5, 5.41) is 8.70. The Balaban J connectivity index is 2.80. The van der Waals surface area contributed by atoms with E-state index in [1.54, 1.807) is 12.5 Å². The molecule has 94 valence electrons. The average molecular weight is 256 g/mol. The van der Waals surface area contributed by atoms with Crippen molar-refractivity contribution in [3.63, 3.8) is 0 Å². The third-order valence-corrected chi connectivity index (χ3v) is 2.69. The fourth-order valence-electron chi connectivity index (χ4n) is 1.66. The number of imidazole rings is 1. The van der Waals surface area contributed by atoms with Crippen molar-refractivity contribution in [1.82, 2.24) is 14.9 Å². The van der Waals surface area contributed by atoms with Crippen LogP contribution in [0.4, 0.5) is 0 Å². The van der Waals surface area contributed by atoms with E-state index in [4.69, 9.17) is 23.1 Å². The minimum atomic E-state index is -0.838. The van der Waals surface area contributed by atoms with Gasteiger partial charge < -0.3 is 15.8 Å². The van der Waals surface area contributed by atoms with Gasteiger partial charge in [-0.15, -0.1) is 0 Å². The zero-order chi connectivity index (χ0) is 12.8. The van der Waals surface area contributed by atoms with Crippen LogP contribution in [0.15, 0.2) is 12.5 Å². The largest absolute Gasteiger partial charge is 0.481 e. The fraction of sp³-hybridized carbons (Fsp3) is 0.500. The highest BCUT2D eigenvalue weighted by molar-refractivity contribution is 7.80. The molecule has 17 heavy (non-hydrogen) atoms. The molecule has 1 heterocycles. The number of nitrogens with one attached hydrogen (secondary N) is 1. The fourth-order valence-corrected chi connectivity index (χ4v) is 1.93. The van der Waals surface area contributed by atoms with E-state index >= 15 is 0 Å². The maximum Gasteiger partial charge on any atom is 0.304 e. The van der Waals surface area contributed by atoms with Crippen molar-refractivity contribution in [3.8, 4) is 0 Å². The predicted molar refractivity (Wildman–Crippen MR) is 67.6 cm³/mol. The lowest BCUT2D eigenvalue weighted by molar-refractivity contribution is -0.137. The standard InChI is InChI=1S/C10H16N4O2S/c1-2-14(4-3-8(15)16)9(10(11)17)7-5-12-6-13-7/h5-6,9H,2-4H2,1H3,(H2,11,17)(H,12,13)(H,15,16). The van der Waals surface area contributed by atoms with Crippen LogP contribution in [0.1, 0.15) is 25.1 Å². The molecule has 0 spiro atoms. The van der Waals surface area contributed by atoms with Crippen molar-refractivity contribution < 1.29 is 9.90 Å². The summed E-state index contributed by atoms with van der Waals surface area (Å²) in [6.45, 7) is 2.99. The van der Waals surface area contributed by atoms with Gasteiger partial charge in [-0.25, -0.2) is 4.98 Å². The first kappa shape index (κ1) is 13.6. The molecule has 1 atom stereocenters. The molecule has 0 radical (unpaired) electrons. The molecule has 0 saturated heterocycles. The molecule has 7 heteroatoms. The second-order valence-corrected chi connectivity index (χ2v) is 4.06. The van der Waals surface area contributed by atoms with Gasteiger partial charge in [-0.3, -0.25) is 9.69 Å². The molecule has 0 aliphatic carbocycles. The quantitative estimate of drug-likeness (QED) is 0.616. The Morgan fingerprint density at radius 2 is 2.47 bits per heavy atom. The lowest BCUT2D eigenvalue weighted by atomic mass is 10.1. The average Bonchev–Trinajstić information content (AvgIpc) is 2.76. The molecule has 0 aliphatic heterocycles. The molecule has 0 bridgehead atoms. The minimum absolute atomic E-state index is 0.0566.